The Labute approximate surface area is 183 Å². The fourth-order valence-electron chi connectivity index (χ4n) is 4.43. The Bertz CT molecular complexity index is 1210. The molecule has 160 valence electrons. The van der Waals surface area contributed by atoms with E-state index in [9.17, 15) is 14.4 Å². The minimum absolute atomic E-state index is 0.0446. The fraction of sp³-hybridized carbons (Fsp3) is 0.391. The number of hydrogen-bond donors (Lipinski definition) is 1. The van der Waals surface area contributed by atoms with Crippen molar-refractivity contribution in [2.75, 3.05) is 16.8 Å². The summed E-state index contributed by atoms with van der Waals surface area (Å²) in [5, 5.41) is 3.61. The predicted octanol–water partition coefficient (Wildman–Crippen LogP) is 3.49. The summed E-state index contributed by atoms with van der Waals surface area (Å²) in [5.74, 6) is -0.0240. The van der Waals surface area contributed by atoms with Gasteiger partial charge in [0.1, 0.15) is 4.83 Å². The van der Waals surface area contributed by atoms with Gasteiger partial charge in [0.2, 0.25) is 11.8 Å². The highest BCUT2D eigenvalue weighted by atomic mass is 32.1. The van der Waals surface area contributed by atoms with Gasteiger partial charge in [-0.2, -0.15) is 0 Å². The summed E-state index contributed by atoms with van der Waals surface area (Å²) in [5.41, 5.74) is 2.65. The smallest absolute Gasteiger partial charge is 0.262 e. The van der Waals surface area contributed by atoms with E-state index in [1.165, 1.54) is 16.9 Å². The standard InChI is InChI=1S/C23H24N4O3S/c28-19(25-15-7-9-16(10-8-15)27-12-3-6-20(27)29)11-13-26-14-24-22-21(23(26)30)17-4-1-2-5-18(17)31-22/h7-10,14H,1-6,11-13H2,(H,25,28). The highest BCUT2D eigenvalue weighted by Gasteiger charge is 2.22. The molecule has 0 radical (unpaired) electrons. The summed E-state index contributed by atoms with van der Waals surface area (Å²) in [6.07, 6.45) is 7.47. The van der Waals surface area contributed by atoms with Crippen molar-refractivity contribution < 1.29 is 9.59 Å². The van der Waals surface area contributed by atoms with E-state index in [4.69, 9.17) is 0 Å². The largest absolute Gasteiger partial charge is 0.326 e. The number of nitrogens with one attached hydrogen (secondary N) is 1. The molecule has 5 rings (SSSR count). The molecule has 1 aliphatic carbocycles. The van der Waals surface area contributed by atoms with Gasteiger partial charge in [-0.1, -0.05) is 0 Å². The van der Waals surface area contributed by atoms with Gasteiger partial charge >= 0.3 is 0 Å². The number of rotatable bonds is 5. The lowest BCUT2D eigenvalue weighted by Crippen LogP contribution is -2.24. The fourth-order valence-corrected chi connectivity index (χ4v) is 5.65. The number of nitrogens with zero attached hydrogens (tertiary/aromatic N) is 3. The van der Waals surface area contributed by atoms with E-state index in [1.54, 1.807) is 39.3 Å². The van der Waals surface area contributed by atoms with Gasteiger partial charge in [-0.15, -0.1) is 11.3 Å². The number of thiophene rings is 1. The second kappa shape index (κ2) is 8.26. The summed E-state index contributed by atoms with van der Waals surface area (Å²) >= 11 is 1.63. The molecular weight excluding hydrogens is 412 g/mol. The van der Waals surface area contributed by atoms with Crippen LogP contribution in [-0.2, 0) is 29.0 Å². The molecule has 7 nitrogen and oxygen atoms in total. The van der Waals surface area contributed by atoms with Crippen LogP contribution in [0.15, 0.2) is 35.4 Å². The van der Waals surface area contributed by atoms with Crippen molar-refractivity contribution in [1.82, 2.24) is 9.55 Å². The molecule has 0 saturated carbocycles. The van der Waals surface area contributed by atoms with Crippen molar-refractivity contribution in [2.24, 2.45) is 0 Å². The molecule has 1 aliphatic heterocycles. The summed E-state index contributed by atoms with van der Waals surface area (Å²) in [4.78, 5) is 45.6. The van der Waals surface area contributed by atoms with Gasteiger partial charge < -0.3 is 10.2 Å². The van der Waals surface area contributed by atoms with Crippen LogP contribution in [0.25, 0.3) is 10.2 Å². The van der Waals surface area contributed by atoms with Gasteiger partial charge in [0, 0.05) is 42.2 Å². The van der Waals surface area contributed by atoms with E-state index >= 15 is 0 Å². The molecule has 1 aromatic carbocycles. The van der Waals surface area contributed by atoms with Crippen molar-refractivity contribution in [1.29, 1.82) is 0 Å². The third-order valence-electron chi connectivity index (χ3n) is 6.06. The second-order valence-electron chi connectivity index (χ2n) is 8.13. The number of aryl methyl sites for hydroxylation is 3. The van der Waals surface area contributed by atoms with Crippen LogP contribution in [-0.4, -0.2) is 27.9 Å². The lowest BCUT2D eigenvalue weighted by Gasteiger charge is -2.16. The van der Waals surface area contributed by atoms with Crippen molar-refractivity contribution in [2.45, 2.75) is 51.5 Å². The maximum Gasteiger partial charge on any atom is 0.262 e. The molecule has 0 atom stereocenters. The second-order valence-corrected chi connectivity index (χ2v) is 9.21. The highest BCUT2D eigenvalue weighted by molar-refractivity contribution is 7.18. The van der Waals surface area contributed by atoms with Crippen LogP contribution in [0.2, 0.25) is 0 Å². The van der Waals surface area contributed by atoms with Crippen molar-refractivity contribution in [3.63, 3.8) is 0 Å². The third kappa shape index (κ3) is 3.87. The van der Waals surface area contributed by atoms with Crippen LogP contribution < -0.4 is 15.8 Å². The first-order chi connectivity index (χ1) is 15.1. The molecule has 31 heavy (non-hydrogen) atoms. The monoisotopic (exact) mass is 436 g/mol. The third-order valence-corrected chi connectivity index (χ3v) is 7.26. The van der Waals surface area contributed by atoms with Gasteiger partial charge in [0.25, 0.3) is 5.56 Å². The molecule has 1 fully saturated rings. The Kier molecular flexibility index (Phi) is 5.31. The average molecular weight is 437 g/mol. The first-order valence-electron chi connectivity index (χ1n) is 10.8. The topological polar surface area (TPSA) is 84.3 Å². The van der Waals surface area contributed by atoms with E-state index < -0.39 is 0 Å². The number of benzene rings is 1. The Morgan fingerprint density at radius 1 is 1.06 bits per heavy atom. The van der Waals surface area contributed by atoms with E-state index in [0.29, 0.717) is 18.7 Å². The van der Waals surface area contributed by atoms with Crippen LogP contribution in [0.5, 0.6) is 0 Å². The SMILES string of the molecule is O=C(CCn1cnc2sc3c(c2c1=O)CCCC3)Nc1ccc(N2CCCC2=O)cc1. The molecule has 2 aromatic heterocycles. The number of amides is 2. The zero-order valence-electron chi connectivity index (χ0n) is 17.2. The van der Waals surface area contributed by atoms with Crippen molar-refractivity contribution >= 4 is 44.7 Å². The summed E-state index contributed by atoms with van der Waals surface area (Å²) in [6.45, 7) is 1.03. The Morgan fingerprint density at radius 3 is 2.65 bits per heavy atom. The van der Waals surface area contributed by atoms with Crippen molar-refractivity contribution in [3.05, 3.63) is 51.4 Å². The first-order valence-corrected chi connectivity index (χ1v) is 11.6. The quantitative estimate of drug-likeness (QED) is 0.664. The lowest BCUT2D eigenvalue weighted by atomic mass is 9.97. The normalized spacial score (nSPS) is 16.0. The van der Waals surface area contributed by atoms with Crippen molar-refractivity contribution in [3.8, 4) is 0 Å². The molecule has 0 spiro atoms. The molecule has 3 aromatic rings. The molecule has 2 aliphatic rings. The molecule has 3 heterocycles. The summed E-state index contributed by atoms with van der Waals surface area (Å²) in [6, 6.07) is 7.30. The maximum absolute atomic E-state index is 13.0. The van der Waals surface area contributed by atoms with Crippen LogP contribution >= 0.6 is 11.3 Å². The number of carbonyl (C=O) groups excluding carboxylic acids is 2. The van der Waals surface area contributed by atoms with E-state index in [0.717, 1.165) is 48.1 Å². The maximum atomic E-state index is 13.0. The van der Waals surface area contributed by atoms with Crippen LogP contribution in [0.3, 0.4) is 0 Å². The Balaban J connectivity index is 1.24. The molecule has 0 unspecified atom stereocenters. The zero-order chi connectivity index (χ0) is 21.4. The van der Waals surface area contributed by atoms with Crippen LogP contribution in [0, 0.1) is 0 Å². The molecule has 8 heteroatoms. The minimum Gasteiger partial charge on any atom is -0.326 e. The van der Waals surface area contributed by atoms with E-state index in [1.807, 2.05) is 12.1 Å². The summed E-state index contributed by atoms with van der Waals surface area (Å²) < 4.78 is 1.55. The van der Waals surface area contributed by atoms with Gasteiger partial charge in [-0.25, -0.2) is 4.98 Å². The average Bonchev–Trinajstić information content (AvgIpc) is 3.37. The Morgan fingerprint density at radius 2 is 1.87 bits per heavy atom. The number of aromatic nitrogens is 2. The van der Waals surface area contributed by atoms with Crippen LogP contribution in [0.1, 0.15) is 42.5 Å². The minimum atomic E-state index is -0.163. The van der Waals surface area contributed by atoms with E-state index in [2.05, 4.69) is 10.3 Å². The van der Waals surface area contributed by atoms with Gasteiger partial charge in [-0.3, -0.25) is 19.0 Å². The summed E-state index contributed by atoms with van der Waals surface area (Å²) in [7, 11) is 0. The molecular formula is C23H24N4O3S. The lowest BCUT2D eigenvalue weighted by molar-refractivity contribution is -0.117. The molecule has 1 saturated heterocycles. The van der Waals surface area contributed by atoms with Gasteiger partial charge in [0.15, 0.2) is 0 Å². The number of hydrogen-bond acceptors (Lipinski definition) is 5. The first kappa shape index (κ1) is 19.9. The Hall–Kier alpha value is -3.00. The zero-order valence-corrected chi connectivity index (χ0v) is 18.0. The number of fused-ring (bicyclic) bond motifs is 3. The molecule has 0 bridgehead atoms. The number of anilines is 2. The predicted molar refractivity (Wildman–Crippen MR) is 122 cm³/mol. The van der Waals surface area contributed by atoms with Crippen LogP contribution in [0.4, 0.5) is 11.4 Å². The molecule has 2 amide bonds. The highest BCUT2D eigenvalue weighted by Crippen LogP contribution is 2.33. The van der Waals surface area contributed by atoms with Gasteiger partial charge in [-0.05, 0) is 61.9 Å². The van der Waals surface area contributed by atoms with Gasteiger partial charge in [0.05, 0.1) is 11.7 Å². The molecule has 1 N–H and O–H groups in total. The number of carbonyl (C=O) groups is 2. The van der Waals surface area contributed by atoms with E-state index in [-0.39, 0.29) is 23.8 Å².